The highest BCUT2D eigenvalue weighted by molar-refractivity contribution is 5.61. The van der Waals surface area contributed by atoms with Crippen molar-refractivity contribution in [1.29, 1.82) is 0 Å². The SMILES string of the molecule is c1cc2c(c(CNCCCOCC3CC3)c1)NCC2. The van der Waals surface area contributed by atoms with Gasteiger partial charge in [-0.25, -0.2) is 0 Å². The molecule has 2 N–H and O–H groups in total. The molecule has 19 heavy (non-hydrogen) atoms. The van der Waals surface area contributed by atoms with Crippen LogP contribution in [-0.2, 0) is 17.7 Å². The zero-order valence-corrected chi connectivity index (χ0v) is 11.6. The lowest BCUT2D eigenvalue weighted by atomic mass is 10.1. The Labute approximate surface area is 115 Å². The van der Waals surface area contributed by atoms with Crippen LogP contribution >= 0.6 is 0 Å². The molecule has 0 unspecified atom stereocenters. The molecule has 0 radical (unpaired) electrons. The standard InChI is InChI=1S/C16H24N2O/c1-3-14-7-9-18-16(14)15(4-1)11-17-8-2-10-19-12-13-5-6-13/h1,3-4,13,17-18H,2,5-12H2. The molecule has 1 saturated carbocycles. The Bertz CT molecular complexity index is 415. The van der Waals surface area contributed by atoms with E-state index in [1.165, 1.54) is 29.7 Å². The molecule has 1 heterocycles. The van der Waals surface area contributed by atoms with Gasteiger partial charge < -0.3 is 15.4 Å². The van der Waals surface area contributed by atoms with Crippen LogP contribution < -0.4 is 10.6 Å². The maximum atomic E-state index is 5.63. The molecule has 3 heteroatoms. The second-order valence-electron chi connectivity index (χ2n) is 5.68. The first-order valence-electron chi connectivity index (χ1n) is 7.56. The van der Waals surface area contributed by atoms with Gasteiger partial charge in [-0.1, -0.05) is 18.2 Å². The number of fused-ring (bicyclic) bond motifs is 1. The summed E-state index contributed by atoms with van der Waals surface area (Å²) in [6.45, 7) is 4.96. The highest BCUT2D eigenvalue weighted by atomic mass is 16.5. The van der Waals surface area contributed by atoms with Crippen molar-refractivity contribution in [3.63, 3.8) is 0 Å². The van der Waals surface area contributed by atoms with E-state index in [1.807, 2.05) is 0 Å². The molecule has 0 atom stereocenters. The van der Waals surface area contributed by atoms with Crippen molar-refractivity contribution in [2.45, 2.75) is 32.2 Å². The minimum absolute atomic E-state index is 0.880. The first-order valence-corrected chi connectivity index (χ1v) is 7.56. The van der Waals surface area contributed by atoms with Crippen LogP contribution in [0, 0.1) is 5.92 Å². The van der Waals surface area contributed by atoms with Crippen molar-refractivity contribution in [2.75, 3.05) is 31.6 Å². The molecule has 104 valence electrons. The van der Waals surface area contributed by atoms with Crippen LogP contribution in [0.1, 0.15) is 30.4 Å². The minimum atomic E-state index is 0.880. The molecule has 0 amide bonds. The highest BCUT2D eigenvalue weighted by Gasteiger charge is 2.20. The topological polar surface area (TPSA) is 33.3 Å². The van der Waals surface area contributed by atoms with Gasteiger partial charge >= 0.3 is 0 Å². The molecule has 0 aromatic heterocycles. The fourth-order valence-electron chi connectivity index (χ4n) is 2.61. The van der Waals surface area contributed by atoms with E-state index in [0.717, 1.165) is 51.6 Å². The summed E-state index contributed by atoms with van der Waals surface area (Å²) in [5.74, 6) is 0.880. The Hall–Kier alpha value is -1.06. The first-order chi connectivity index (χ1) is 9.43. The monoisotopic (exact) mass is 260 g/mol. The van der Waals surface area contributed by atoms with Gasteiger partial charge in [0.2, 0.25) is 0 Å². The summed E-state index contributed by atoms with van der Waals surface area (Å²) >= 11 is 0. The third-order valence-electron chi connectivity index (χ3n) is 3.94. The quantitative estimate of drug-likeness (QED) is 0.705. The van der Waals surface area contributed by atoms with Crippen molar-refractivity contribution in [3.8, 4) is 0 Å². The molecule has 1 aromatic carbocycles. The van der Waals surface area contributed by atoms with Crippen LogP contribution in [0.5, 0.6) is 0 Å². The molecule has 3 rings (SSSR count). The molecule has 1 aliphatic heterocycles. The van der Waals surface area contributed by atoms with E-state index in [0.29, 0.717) is 0 Å². The Morgan fingerprint density at radius 3 is 3.16 bits per heavy atom. The van der Waals surface area contributed by atoms with Crippen molar-refractivity contribution < 1.29 is 4.74 Å². The van der Waals surface area contributed by atoms with Crippen LogP contribution in [0.15, 0.2) is 18.2 Å². The lowest BCUT2D eigenvalue weighted by molar-refractivity contribution is 0.122. The summed E-state index contributed by atoms with van der Waals surface area (Å²) in [7, 11) is 0. The zero-order chi connectivity index (χ0) is 12.9. The van der Waals surface area contributed by atoms with E-state index in [4.69, 9.17) is 4.74 Å². The molecular weight excluding hydrogens is 236 g/mol. The molecule has 1 aliphatic carbocycles. The van der Waals surface area contributed by atoms with Gasteiger partial charge in [0.15, 0.2) is 0 Å². The maximum absolute atomic E-state index is 5.63. The fraction of sp³-hybridized carbons (Fsp3) is 0.625. The number of anilines is 1. The van der Waals surface area contributed by atoms with E-state index >= 15 is 0 Å². The first kappa shape index (κ1) is 12.9. The maximum Gasteiger partial charge on any atom is 0.0494 e. The van der Waals surface area contributed by atoms with Gasteiger partial charge in [0.25, 0.3) is 0 Å². The van der Waals surface area contributed by atoms with Crippen molar-refractivity contribution in [2.24, 2.45) is 5.92 Å². The van der Waals surface area contributed by atoms with Gasteiger partial charge in [0.1, 0.15) is 0 Å². The Morgan fingerprint density at radius 2 is 2.26 bits per heavy atom. The molecule has 0 bridgehead atoms. The molecule has 1 aromatic rings. The van der Waals surface area contributed by atoms with E-state index in [9.17, 15) is 0 Å². The van der Waals surface area contributed by atoms with Crippen LogP contribution in [0.2, 0.25) is 0 Å². The van der Waals surface area contributed by atoms with Gasteiger partial charge in [-0.05, 0) is 49.3 Å². The van der Waals surface area contributed by atoms with Crippen LogP contribution in [0.3, 0.4) is 0 Å². The second kappa shape index (κ2) is 6.40. The van der Waals surface area contributed by atoms with Gasteiger partial charge in [-0.3, -0.25) is 0 Å². The van der Waals surface area contributed by atoms with Gasteiger partial charge in [-0.2, -0.15) is 0 Å². The van der Waals surface area contributed by atoms with Gasteiger partial charge in [0, 0.05) is 32.0 Å². The summed E-state index contributed by atoms with van der Waals surface area (Å²) < 4.78 is 5.63. The Morgan fingerprint density at radius 1 is 1.32 bits per heavy atom. The number of rotatable bonds is 8. The zero-order valence-electron chi connectivity index (χ0n) is 11.6. The highest BCUT2D eigenvalue weighted by Crippen LogP contribution is 2.28. The smallest absolute Gasteiger partial charge is 0.0494 e. The van der Waals surface area contributed by atoms with Crippen molar-refractivity contribution in [3.05, 3.63) is 29.3 Å². The fourth-order valence-corrected chi connectivity index (χ4v) is 2.61. The van der Waals surface area contributed by atoms with Crippen LogP contribution in [0.4, 0.5) is 5.69 Å². The third-order valence-corrected chi connectivity index (χ3v) is 3.94. The molecule has 1 fully saturated rings. The third kappa shape index (κ3) is 3.71. The van der Waals surface area contributed by atoms with Gasteiger partial charge in [0.05, 0.1) is 0 Å². The average molecular weight is 260 g/mol. The van der Waals surface area contributed by atoms with Gasteiger partial charge in [-0.15, -0.1) is 0 Å². The normalized spacial score (nSPS) is 17.3. The Kier molecular flexibility index (Phi) is 4.36. The lowest BCUT2D eigenvalue weighted by Crippen LogP contribution is -2.17. The number of para-hydroxylation sites is 1. The predicted octanol–water partition coefficient (Wildman–Crippen LogP) is 2.56. The largest absolute Gasteiger partial charge is 0.384 e. The summed E-state index contributed by atoms with van der Waals surface area (Å²) in [6, 6.07) is 6.61. The van der Waals surface area contributed by atoms with E-state index < -0.39 is 0 Å². The van der Waals surface area contributed by atoms with Crippen LogP contribution in [-0.4, -0.2) is 26.3 Å². The number of hydrogen-bond donors (Lipinski definition) is 2. The number of ether oxygens (including phenoxy) is 1. The second-order valence-corrected chi connectivity index (χ2v) is 5.68. The minimum Gasteiger partial charge on any atom is -0.384 e. The van der Waals surface area contributed by atoms with E-state index in [-0.39, 0.29) is 0 Å². The number of benzene rings is 1. The summed E-state index contributed by atoms with van der Waals surface area (Å²) in [5, 5.41) is 7.00. The summed E-state index contributed by atoms with van der Waals surface area (Å²) in [5.41, 5.74) is 4.22. The molecule has 2 aliphatic rings. The number of hydrogen-bond acceptors (Lipinski definition) is 3. The van der Waals surface area contributed by atoms with Crippen molar-refractivity contribution in [1.82, 2.24) is 5.32 Å². The molecular formula is C16H24N2O. The number of nitrogens with one attached hydrogen (secondary N) is 2. The lowest BCUT2D eigenvalue weighted by Gasteiger charge is -2.10. The molecule has 3 nitrogen and oxygen atoms in total. The average Bonchev–Trinajstić information content (AvgIpc) is 3.12. The predicted molar refractivity (Wildman–Crippen MR) is 78.5 cm³/mol. The van der Waals surface area contributed by atoms with E-state index in [1.54, 1.807) is 0 Å². The van der Waals surface area contributed by atoms with E-state index in [2.05, 4.69) is 28.8 Å². The Balaban J connectivity index is 1.32. The van der Waals surface area contributed by atoms with Crippen molar-refractivity contribution >= 4 is 5.69 Å². The van der Waals surface area contributed by atoms with Crippen LogP contribution in [0.25, 0.3) is 0 Å². The molecule has 0 spiro atoms. The summed E-state index contributed by atoms with van der Waals surface area (Å²) in [6.07, 6.45) is 5.03. The summed E-state index contributed by atoms with van der Waals surface area (Å²) in [4.78, 5) is 0. The molecule has 0 saturated heterocycles.